The molecular weight excluding hydrogens is 337 g/mol. The zero-order valence-corrected chi connectivity index (χ0v) is 13.7. The second kappa shape index (κ2) is 6.55. The number of carbonyl (C=O) groups is 1. The molecule has 0 radical (unpaired) electrons. The molecule has 2 N–H and O–H groups in total. The van der Waals surface area contributed by atoms with Gasteiger partial charge in [0.25, 0.3) is 0 Å². The minimum atomic E-state index is -4.44. The van der Waals surface area contributed by atoms with Gasteiger partial charge in [0.05, 0.1) is 12.2 Å². The number of urea groups is 1. The van der Waals surface area contributed by atoms with Gasteiger partial charge in [-0.1, -0.05) is 0 Å². The van der Waals surface area contributed by atoms with Crippen molar-refractivity contribution in [2.24, 2.45) is 0 Å². The van der Waals surface area contributed by atoms with E-state index in [1.165, 1.54) is 4.90 Å². The molecule has 1 aliphatic heterocycles. The Morgan fingerprint density at radius 2 is 2.08 bits per heavy atom. The normalized spacial score (nSPS) is 17.7. The fraction of sp³-hybridized carbons (Fsp3) is 0.500. The fourth-order valence-corrected chi connectivity index (χ4v) is 3.02. The number of rotatable bonds is 3. The first-order chi connectivity index (χ1) is 11.8. The third-order valence-electron chi connectivity index (χ3n) is 4.65. The number of piperidine rings is 1. The Morgan fingerprint density at radius 3 is 2.72 bits per heavy atom. The first-order valence-electron chi connectivity index (χ1n) is 7.92. The lowest BCUT2D eigenvalue weighted by molar-refractivity contribution is -0.281. The van der Waals surface area contributed by atoms with Crippen LogP contribution in [-0.2, 0) is 11.3 Å². The van der Waals surface area contributed by atoms with E-state index in [0.717, 1.165) is 18.1 Å². The Balaban J connectivity index is 1.56. The van der Waals surface area contributed by atoms with Crippen LogP contribution in [0.2, 0.25) is 0 Å². The van der Waals surface area contributed by atoms with Gasteiger partial charge >= 0.3 is 12.2 Å². The second-order valence-electron chi connectivity index (χ2n) is 6.06. The first kappa shape index (κ1) is 17.5. The number of aromatic amines is 1. The van der Waals surface area contributed by atoms with Gasteiger partial charge in [0, 0.05) is 44.6 Å². The smallest absolute Gasteiger partial charge is 0.369 e. The standard InChI is InChI=1S/C16H19F3N4O2/c1-25-15(16(17,18)19)5-8-23(9-6-15)14(24)21-10-12-3-2-11-4-7-20-13(11)22-12/h2-4,7H,5-6,8-10H2,1H3,(H,20,22)(H,21,24). The molecule has 9 heteroatoms. The third-order valence-corrected chi connectivity index (χ3v) is 4.65. The van der Waals surface area contributed by atoms with Crippen LogP contribution in [0.1, 0.15) is 18.5 Å². The number of hydrogen-bond acceptors (Lipinski definition) is 3. The summed E-state index contributed by atoms with van der Waals surface area (Å²) in [5.41, 5.74) is -0.772. The highest BCUT2D eigenvalue weighted by atomic mass is 19.4. The molecule has 0 bridgehead atoms. The molecule has 2 amide bonds. The number of nitrogens with zero attached hydrogens (tertiary/aromatic N) is 2. The van der Waals surface area contributed by atoms with Crippen LogP contribution in [0.4, 0.5) is 18.0 Å². The highest BCUT2D eigenvalue weighted by molar-refractivity contribution is 5.76. The maximum atomic E-state index is 13.1. The number of halogens is 3. The Kier molecular flexibility index (Phi) is 4.59. The van der Waals surface area contributed by atoms with Crippen LogP contribution < -0.4 is 5.32 Å². The number of methoxy groups -OCH3 is 1. The van der Waals surface area contributed by atoms with Gasteiger partial charge in [0.2, 0.25) is 0 Å². The monoisotopic (exact) mass is 356 g/mol. The number of hydrogen-bond donors (Lipinski definition) is 2. The molecular formula is C16H19F3N4O2. The van der Waals surface area contributed by atoms with Crippen LogP contribution in [0.15, 0.2) is 24.4 Å². The van der Waals surface area contributed by atoms with Gasteiger partial charge in [-0.2, -0.15) is 13.2 Å². The van der Waals surface area contributed by atoms with Gasteiger partial charge < -0.3 is 19.9 Å². The van der Waals surface area contributed by atoms with Gasteiger partial charge in [0.1, 0.15) is 5.65 Å². The summed E-state index contributed by atoms with van der Waals surface area (Å²) in [5, 5.41) is 3.67. The second-order valence-corrected chi connectivity index (χ2v) is 6.06. The predicted molar refractivity (Wildman–Crippen MR) is 84.9 cm³/mol. The summed E-state index contributed by atoms with van der Waals surface area (Å²) in [4.78, 5) is 20.9. The number of aromatic nitrogens is 2. The number of alkyl halides is 3. The molecule has 3 rings (SSSR count). The topological polar surface area (TPSA) is 70.2 Å². The number of amides is 2. The van der Waals surface area contributed by atoms with Gasteiger partial charge in [-0.15, -0.1) is 0 Å². The molecule has 0 unspecified atom stereocenters. The van der Waals surface area contributed by atoms with Crippen molar-refractivity contribution in [3.8, 4) is 0 Å². The summed E-state index contributed by atoms with van der Waals surface area (Å²) < 4.78 is 44.2. The number of carbonyl (C=O) groups excluding carboxylic acids is 1. The number of fused-ring (bicyclic) bond motifs is 1. The Labute approximate surface area is 142 Å². The molecule has 0 spiro atoms. The summed E-state index contributed by atoms with van der Waals surface area (Å²) in [7, 11) is 1.06. The van der Waals surface area contributed by atoms with Crippen molar-refractivity contribution in [1.29, 1.82) is 0 Å². The minimum Gasteiger partial charge on any atom is -0.369 e. The van der Waals surface area contributed by atoms with Crippen LogP contribution in [-0.4, -0.2) is 52.9 Å². The zero-order valence-electron chi connectivity index (χ0n) is 13.7. The molecule has 25 heavy (non-hydrogen) atoms. The van der Waals surface area contributed by atoms with Gasteiger partial charge in [-0.05, 0) is 18.2 Å². The molecule has 136 valence electrons. The van der Waals surface area contributed by atoms with E-state index in [0.29, 0.717) is 5.69 Å². The molecule has 2 aromatic rings. The number of likely N-dealkylation sites (tertiary alicyclic amines) is 1. The predicted octanol–water partition coefficient (Wildman–Crippen LogP) is 2.82. The maximum absolute atomic E-state index is 13.1. The molecule has 1 fully saturated rings. The van der Waals surface area contributed by atoms with Crippen molar-refractivity contribution in [3.05, 3.63) is 30.1 Å². The Hall–Kier alpha value is -2.29. The molecule has 6 nitrogen and oxygen atoms in total. The molecule has 2 aromatic heterocycles. The summed E-state index contributed by atoms with van der Waals surface area (Å²) in [6, 6.07) is 5.17. The van der Waals surface area contributed by atoms with Crippen LogP contribution in [0, 0.1) is 0 Å². The highest BCUT2D eigenvalue weighted by Crippen LogP contribution is 2.41. The van der Waals surface area contributed by atoms with Gasteiger partial charge in [-0.3, -0.25) is 0 Å². The van der Waals surface area contributed by atoms with E-state index in [9.17, 15) is 18.0 Å². The van der Waals surface area contributed by atoms with E-state index in [4.69, 9.17) is 4.74 Å². The first-order valence-corrected chi connectivity index (χ1v) is 7.92. The number of ether oxygens (including phenoxy) is 1. The van der Waals surface area contributed by atoms with E-state index in [1.54, 1.807) is 12.3 Å². The lowest BCUT2D eigenvalue weighted by Gasteiger charge is -2.41. The number of H-pyrrole nitrogens is 1. The largest absolute Gasteiger partial charge is 0.417 e. The van der Waals surface area contributed by atoms with E-state index >= 15 is 0 Å². The molecule has 0 saturated carbocycles. The summed E-state index contributed by atoms with van der Waals surface area (Å²) in [6.07, 6.45) is -3.21. The van der Waals surface area contributed by atoms with Crippen molar-refractivity contribution in [2.45, 2.75) is 31.2 Å². The fourth-order valence-electron chi connectivity index (χ4n) is 3.02. The number of pyridine rings is 1. The molecule has 0 aromatic carbocycles. The SMILES string of the molecule is COC1(C(F)(F)F)CCN(C(=O)NCc2ccc3cc[nH]c3n2)CC1. The van der Waals surface area contributed by atoms with Crippen molar-refractivity contribution in [1.82, 2.24) is 20.2 Å². The van der Waals surface area contributed by atoms with E-state index < -0.39 is 17.8 Å². The summed E-state index contributed by atoms with van der Waals surface area (Å²) in [5.74, 6) is 0. The van der Waals surface area contributed by atoms with Crippen molar-refractivity contribution in [3.63, 3.8) is 0 Å². The molecule has 0 aliphatic carbocycles. The maximum Gasteiger partial charge on any atom is 0.417 e. The van der Waals surface area contributed by atoms with Gasteiger partial charge in [-0.25, -0.2) is 9.78 Å². The number of nitrogens with one attached hydrogen (secondary N) is 2. The van der Waals surface area contributed by atoms with Crippen LogP contribution in [0.3, 0.4) is 0 Å². The Bertz CT molecular complexity index is 751. The average Bonchev–Trinajstić information content (AvgIpc) is 3.06. The zero-order chi connectivity index (χ0) is 18.1. The lowest BCUT2D eigenvalue weighted by Crippen LogP contribution is -2.56. The summed E-state index contributed by atoms with van der Waals surface area (Å²) in [6.45, 7) is 0.184. The van der Waals surface area contributed by atoms with Crippen LogP contribution in [0.5, 0.6) is 0 Å². The molecule has 3 heterocycles. The van der Waals surface area contributed by atoms with Crippen molar-refractivity contribution < 1.29 is 22.7 Å². The van der Waals surface area contributed by atoms with E-state index in [-0.39, 0.29) is 32.5 Å². The Morgan fingerprint density at radius 1 is 1.36 bits per heavy atom. The van der Waals surface area contributed by atoms with Crippen molar-refractivity contribution >= 4 is 17.1 Å². The van der Waals surface area contributed by atoms with E-state index in [1.807, 2.05) is 12.1 Å². The van der Waals surface area contributed by atoms with E-state index in [2.05, 4.69) is 15.3 Å². The van der Waals surface area contributed by atoms with Crippen LogP contribution in [0.25, 0.3) is 11.0 Å². The molecule has 1 aliphatic rings. The molecule has 0 atom stereocenters. The summed E-state index contributed by atoms with van der Waals surface area (Å²) >= 11 is 0. The quantitative estimate of drug-likeness (QED) is 0.888. The minimum absolute atomic E-state index is 0.0116. The van der Waals surface area contributed by atoms with Gasteiger partial charge in [0.15, 0.2) is 5.60 Å². The van der Waals surface area contributed by atoms with Crippen molar-refractivity contribution in [2.75, 3.05) is 20.2 Å². The third kappa shape index (κ3) is 3.41. The molecule has 1 saturated heterocycles. The average molecular weight is 356 g/mol. The van der Waals surface area contributed by atoms with Crippen LogP contribution >= 0.6 is 0 Å². The lowest BCUT2D eigenvalue weighted by atomic mass is 9.90. The highest BCUT2D eigenvalue weighted by Gasteiger charge is 2.56.